The molecule has 0 bridgehead atoms. The third-order valence-corrected chi connectivity index (χ3v) is 3.99. The van der Waals surface area contributed by atoms with Crippen LogP contribution in [0.2, 0.25) is 5.02 Å². The van der Waals surface area contributed by atoms with Gasteiger partial charge in [0.05, 0.1) is 16.8 Å². The molecule has 0 aliphatic carbocycles. The van der Waals surface area contributed by atoms with Crippen LogP contribution >= 0.6 is 22.9 Å². The lowest BCUT2D eigenvalue weighted by Gasteiger charge is -2.09. The van der Waals surface area contributed by atoms with Gasteiger partial charge in [0.2, 0.25) is 0 Å². The van der Waals surface area contributed by atoms with Crippen LogP contribution in [0.4, 0.5) is 4.39 Å². The summed E-state index contributed by atoms with van der Waals surface area (Å²) in [6, 6.07) is 6.68. The van der Waals surface area contributed by atoms with Gasteiger partial charge in [0.15, 0.2) is 0 Å². The minimum Gasteiger partial charge on any atom is -0.240 e. The molecule has 0 N–H and O–H groups in total. The Bertz CT molecular complexity index is 628. The molecule has 1 aromatic heterocycles. The molecule has 2 aromatic rings. The van der Waals surface area contributed by atoms with Crippen molar-refractivity contribution in [3.63, 3.8) is 0 Å². The van der Waals surface area contributed by atoms with E-state index in [1.165, 1.54) is 23.5 Å². The molecule has 0 unspecified atom stereocenters. The van der Waals surface area contributed by atoms with Crippen LogP contribution in [0.1, 0.15) is 18.9 Å². The maximum atomic E-state index is 13.1. The Morgan fingerprint density at radius 2 is 2.17 bits per heavy atom. The summed E-state index contributed by atoms with van der Waals surface area (Å²) in [7, 11) is 0. The summed E-state index contributed by atoms with van der Waals surface area (Å²) < 4.78 is 13.1. The van der Waals surface area contributed by atoms with E-state index in [0.717, 1.165) is 10.6 Å². The highest BCUT2D eigenvalue weighted by Crippen LogP contribution is 2.31. The fourth-order valence-corrected chi connectivity index (χ4v) is 2.48. The average molecular weight is 281 g/mol. The van der Waals surface area contributed by atoms with E-state index in [-0.39, 0.29) is 5.02 Å². The van der Waals surface area contributed by atoms with Gasteiger partial charge in [0, 0.05) is 10.9 Å². The van der Waals surface area contributed by atoms with Crippen LogP contribution in [0, 0.1) is 17.1 Å². The lowest BCUT2D eigenvalue weighted by Crippen LogP contribution is -2.13. The van der Waals surface area contributed by atoms with Gasteiger partial charge in [-0.1, -0.05) is 11.6 Å². The van der Waals surface area contributed by atoms with Gasteiger partial charge in [-0.05, 0) is 32.0 Å². The van der Waals surface area contributed by atoms with E-state index < -0.39 is 11.2 Å². The molecular formula is C13H10ClFN2S. The number of rotatable bonds is 2. The van der Waals surface area contributed by atoms with Crippen molar-refractivity contribution in [2.24, 2.45) is 0 Å². The van der Waals surface area contributed by atoms with Gasteiger partial charge in [0.1, 0.15) is 16.2 Å². The first-order valence-electron chi connectivity index (χ1n) is 5.27. The van der Waals surface area contributed by atoms with Crippen molar-refractivity contribution in [1.29, 1.82) is 5.26 Å². The molecule has 0 amide bonds. The number of halogens is 2. The Morgan fingerprint density at radius 3 is 2.78 bits per heavy atom. The highest BCUT2D eigenvalue weighted by molar-refractivity contribution is 7.10. The highest BCUT2D eigenvalue weighted by atomic mass is 35.5. The topological polar surface area (TPSA) is 36.7 Å². The first-order chi connectivity index (χ1) is 8.44. The van der Waals surface area contributed by atoms with Crippen molar-refractivity contribution in [2.45, 2.75) is 19.3 Å². The van der Waals surface area contributed by atoms with Crippen molar-refractivity contribution in [3.05, 3.63) is 39.4 Å². The van der Waals surface area contributed by atoms with Crippen molar-refractivity contribution in [2.75, 3.05) is 0 Å². The largest absolute Gasteiger partial charge is 0.240 e. The fourth-order valence-electron chi connectivity index (χ4n) is 1.40. The molecule has 0 fully saturated rings. The highest BCUT2D eigenvalue weighted by Gasteiger charge is 2.24. The van der Waals surface area contributed by atoms with Gasteiger partial charge in [0.25, 0.3) is 0 Å². The molecule has 18 heavy (non-hydrogen) atoms. The van der Waals surface area contributed by atoms with Gasteiger partial charge in [-0.2, -0.15) is 5.26 Å². The van der Waals surface area contributed by atoms with Gasteiger partial charge in [-0.3, -0.25) is 0 Å². The van der Waals surface area contributed by atoms with Crippen molar-refractivity contribution < 1.29 is 4.39 Å². The summed E-state index contributed by atoms with van der Waals surface area (Å²) in [6.07, 6.45) is 0. The lowest BCUT2D eigenvalue weighted by molar-refractivity contribution is 0.628. The summed E-state index contributed by atoms with van der Waals surface area (Å²) >= 11 is 7.15. The maximum Gasteiger partial charge on any atom is 0.141 e. The first kappa shape index (κ1) is 13.0. The quantitative estimate of drug-likeness (QED) is 0.817. The van der Waals surface area contributed by atoms with Crippen LogP contribution in [-0.2, 0) is 5.41 Å². The SMILES string of the molecule is CC(C)(C#N)c1nc(-c2ccc(F)c(Cl)c2)cs1. The van der Waals surface area contributed by atoms with Crippen LogP contribution in [0.25, 0.3) is 11.3 Å². The molecule has 0 aliphatic heterocycles. The molecule has 1 heterocycles. The van der Waals surface area contributed by atoms with Gasteiger partial charge in [-0.25, -0.2) is 9.37 Å². The van der Waals surface area contributed by atoms with E-state index in [4.69, 9.17) is 16.9 Å². The second-order valence-corrected chi connectivity index (χ2v) is 5.67. The Hall–Kier alpha value is -1.44. The fraction of sp³-hybridized carbons (Fsp3) is 0.231. The summed E-state index contributed by atoms with van der Waals surface area (Å²) in [6.45, 7) is 3.63. The normalized spacial score (nSPS) is 11.3. The first-order valence-corrected chi connectivity index (χ1v) is 6.52. The summed E-state index contributed by atoms with van der Waals surface area (Å²) in [5.41, 5.74) is 0.838. The second kappa shape index (κ2) is 4.68. The van der Waals surface area contributed by atoms with Crippen LogP contribution in [0.5, 0.6) is 0 Å². The van der Waals surface area contributed by atoms with Crippen LogP contribution in [0.15, 0.2) is 23.6 Å². The molecule has 1 aromatic carbocycles. The second-order valence-electron chi connectivity index (χ2n) is 4.40. The number of nitrogens with zero attached hydrogens (tertiary/aromatic N) is 2. The molecular weight excluding hydrogens is 271 g/mol. The molecule has 0 saturated heterocycles. The molecule has 0 radical (unpaired) electrons. The zero-order chi connectivity index (χ0) is 13.3. The zero-order valence-corrected chi connectivity index (χ0v) is 11.4. The minimum atomic E-state index is -0.618. The Kier molecular flexibility index (Phi) is 3.38. The van der Waals surface area contributed by atoms with Gasteiger partial charge in [-0.15, -0.1) is 11.3 Å². The van der Waals surface area contributed by atoms with Gasteiger partial charge < -0.3 is 0 Å². The number of thiazole rings is 1. The third kappa shape index (κ3) is 2.38. The predicted octanol–water partition coefficient (Wildman–Crippen LogP) is 4.40. The molecule has 0 aliphatic rings. The van der Waals surface area contributed by atoms with E-state index in [9.17, 15) is 4.39 Å². The smallest absolute Gasteiger partial charge is 0.141 e. The van der Waals surface area contributed by atoms with E-state index >= 15 is 0 Å². The molecule has 92 valence electrons. The standard InChI is InChI=1S/C13H10ClFN2S/c1-13(2,7-16)12-17-11(6-18-12)8-3-4-10(15)9(14)5-8/h3-6H,1-2H3. The van der Waals surface area contributed by atoms with E-state index in [1.54, 1.807) is 6.07 Å². The molecule has 5 heteroatoms. The Labute approximate surface area is 114 Å². The molecule has 0 atom stereocenters. The van der Waals surface area contributed by atoms with Crippen LogP contribution in [-0.4, -0.2) is 4.98 Å². The summed E-state index contributed by atoms with van der Waals surface area (Å²) in [5, 5.41) is 11.7. The molecule has 0 spiro atoms. The molecule has 0 saturated carbocycles. The van der Waals surface area contributed by atoms with E-state index in [0.29, 0.717) is 5.69 Å². The zero-order valence-electron chi connectivity index (χ0n) is 9.87. The monoisotopic (exact) mass is 280 g/mol. The van der Waals surface area contributed by atoms with Crippen LogP contribution in [0.3, 0.4) is 0 Å². The van der Waals surface area contributed by atoms with E-state index in [1.807, 2.05) is 19.2 Å². The number of hydrogen-bond acceptors (Lipinski definition) is 3. The number of benzene rings is 1. The Balaban J connectivity index is 2.42. The lowest BCUT2D eigenvalue weighted by atomic mass is 9.97. The maximum absolute atomic E-state index is 13.1. The van der Waals surface area contributed by atoms with Crippen molar-refractivity contribution in [1.82, 2.24) is 4.98 Å². The predicted molar refractivity (Wildman–Crippen MR) is 71.2 cm³/mol. The Morgan fingerprint density at radius 1 is 1.44 bits per heavy atom. The number of nitriles is 1. The number of hydrogen-bond donors (Lipinski definition) is 0. The summed E-state index contributed by atoms with van der Waals surface area (Å²) in [5.74, 6) is -0.451. The van der Waals surface area contributed by atoms with Crippen LogP contribution < -0.4 is 0 Å². The van der Waals surface area contributed by atoms with Gasteiger partial charge >= 0.3 is 0 Å². The molecule has 2 nitrogen and oxygen atoms in total. The van der Waals surface area contributed by atoms with Crippen molar-refractivity contribution >= 4 is 22.9 Å². The minimum absolute atomic E-state index is 0.0709. The van der Waals surface area contributed by atoms with Crippen molar-refractivity contribution in [3.8, 4) is 17.3 Å². The molecule has 2 rings (SSSR count). The average Bonchev–Trinajstić information content (AvgIpc) is 2.83. The number of aromatic nitrogens is 1. The van der Waals surface area contributed by atoms with E-state index in [2.05, 4.69) is 11.1 Å². The third-order valence-electron chi connectivity index (χ3n) is 2.53. The summed E-state index contributed by atoms with van der Waals surface area (Å²) in [4.78, 5) is 4.41.